The molecule has 0 spiro atoms. The second kappa shape index (κ2) is 5.19. The third-order valence-corrected chi connectivity index (χ3v) is 2.69. The van der Waals surface area contributed by atoms with Crippen LogP contribution in [0.2, 0.25) is 0 Å². The van der Waals surface area contributed by atoms with Crippen molar-refractivity contribution >= 4 is 21.6 Å². The zero-order valence-electron chi connectivity index (χ0n) is 9.72. The maximum Gasteiger partial charge on any atom is 0.220 e. The second-order valence-corrected chi connectivity index (χ2v) is 4.60. The van der Waals surface area contributed by atoms with Gasteiger partial charge >= 0.3 is 0 Å². The fourth-order valence-corrected chi connectivity index (χ4v) is 1.72. The van der Waals surface area contributed by atoms with E-state index in [1.165, 1.54) is 0 Å². The van der Waals surface area contributed by atoms with Crippen molar-refractivity contribution in [3.8, 4) is 11.6 Å². The molecule has 0 aliphatic heterocycles. The van der Waals surface area contributed by atoms with Gasteiger partial charge in [-0.3, -0.25) is 0 Å². The van der Waals surface area contributed by atoms with E-state index in [0.29, 0.717) is 5.88 Å². The Morgan fingerprint density at radius 1 is 1.12 bits per heavy atom. The Hall–Kier alpha value is -1.55. The molecule has 0 saturated heterocycles. The number of anilines is 1. The van der Waals surface area contributed by atoms with E-state index >= 15 is 0 Å². The van der Waals surface area contributed by atoms with Gasteiger partial charge in [-0.25, -0.2) is 4.98 Å². The summed E-state index contributed by atoms with van der Waals surface area (Å²) in [4.78, 5) is 6.25. The molecular weight excluding hydrogens is 280 g/mol. The highest BCUT2D eigenvalue weighted by Gasteiger charge is 2.01. The highest BCUT2D eigenvalue weighted by Crippen LogP contribution is 2.24. The first-order valence-corrected chi connectivity index (χ1v) is 6.02. The van der Waals surface area contributed by atoms with Crippen molar-refractivity contribution in [2.24, 2.45) is 0 Å². The van der Waals surface area contributed by atoms with Gasteiger partial charge in [-0.1, -0.05) is 12.1 Å². The molecule has 0 atom stereocenters. The molecule has 1 aromatic heterocycles. The largest absolute Gasteiger partial charge is 0.439 e. The number of aromatic nitrogens is 1. The Balaban J connectivity index is 2.21. The lowest BCUT2D eigenvalue weighted by atomic mass is 10.3. The number of nitrogens with zero attached hydrogens (tertiary/aromatic N) is 2. The van der Waals surface area contributed by atoms with Gasteiger partial charge in [0.2, 0.25) is 5.88 Å². The summed E-state index contributed by atoms with van der Waals surface area (Å²) >= 11 is 3.31. The molecule has 2 rings (SSSR count). The molecule has 4 heteroatoms. The van der Waals surface area contributed by atoms with E-state index in [9.17, 15) is 0 Å². The summed E-state index contributed by atoms with van der Waals surface area (Å²) in [7, 11) is 3.99. The molecule has 1 aromatic carbocycles. The lowest BCUT2D eigenvalue weighted by Crippen LogP contribution is -2.08. The van der Waals surface area contributed by atoms with Gasteiger partial charge in [0, 0.05) is 31.9 Å². The van der Waals surface area contributed by atoms with Crippen molar-refractivity contribution in [3.05, 3.63) is 47.1 Å². The van der Waals surface area contributed by atoms with Gasteiger partial charge < -0.3 is 9.64 Å². The number of ether oxygens (including phenoxy) is 1. The van der Waals surface area contributed by atoms with Crippen LogP contribution in [0.15, 0.2) is 47.1 Å². The highest BCUT2D eigenvalue weighted by molar-refractivity contribution is 9.10. The number of pyridine rings is 1. The van der Waals surface area contributed by atoms with E-state index in [0.717, 1.165) is 16.0 Å². The van der Waals surface area contributed by atoms with E-state index in [-0.39, 0.29) is 0 Å². The van der Waals surface area contributed by atoms with Gasteiger partial charge in [0.25, 0.3) is 0 Å². The van der Waals surface area contributed by atoms with Crippen molar-refractivity contribution in [1.29, 1.82) is 0 Å². The molecule has 3 nitrogen and oxygen atoms in total. The van der Waals surface area contributed by atoms with Gasteiger partial charge in [0.15, 0.2) is 0 Å². The zero-order chi connectivity index (χ0) is 12.3. The van der Waals surface area contributed by atoms with Crippen LogP contribution >= 0.6 is 15.9 Å². The third-order valence-electron chi connectivity index (χ3n) is 2.25. The summed E-state index contributed by atoms with van der Waals surface area (Å²) in [6.07, 6.45) is 0. The van der Waals surface area contributed by atoms with Crippen LogP contribution in [0.3, 0.4) is 0 Å². The number of benzene rings is 1. The first kappa shape index (κ1) is 11.9. The molecule has 0 aliphatic rings. The SMILES string of the molecule is CN(C)c1cccc(Oc2cccc(Br)n2)c1. The minimum absolute atomic E-state index is 0.579. The Morgan fingerprint density at radius 2 is 1.88 bits per heavy atom. The van der Waals surface area contributed by atoms with Crippen LogP contribution in [0.5, 0.6) is 11.6 Å². The molecule has 0 saturated carbocycles. The minimum Gasteiger partial charge on any atom is -0.439 e. The maximum absolute atomic E-state index is 5.68. The summed E-state index contributed by atoms with van der Waals surface area (Å²) < 4.78 is 6.44. The predicted octanol–water partition coefficient (Wildman–Crippen LogP) is 3.70. The number of hydrogen-bond acceptors (Lipinski definition) is 3. The Kier molecular flexibility index (Phi) is 3.64. The van der Waals surface area contributed by atoms with Crippen molar-refractivity contribution in [3.63, 3.8) is 0 Å². The molecule has 0 radical (unpaired) electrons. The lowest BCUT2D eigenvalue weighted by molar-refractivity contribution is 0.462. The molecule has 0 aliphatic carbocycles. The molecule has 0 unspecified atom stereocenters. The Morgan fingerprint density at radius 3 is 2.59 bits per heavy atom. The summed E-state index contributed by atoms with van der Waals surface area (Å²) in [6, 6.07) is 13.5. The zero-order valence-corrected chi connectivity index (χ0v) is 11.3. The van der Waals surface area contributed by atoms with E-state index in [4.69, 9.17) is 4.74 Å². The van der Waals surface area contributed by atoms with Crippen molar-refractivity contribution in [2.75, 3.05) is 19.0 Å². The van der Waals surface area contributed by atoms with Crippen LogP contribution in [-0.2, 0) is 0 Å². The summed E-state index contributed by atoms with van der Waals surface area (Å²) in [6.45, 7) is 0. The molecule has 0 fully saturated rings. The average molecular weight is 293 g/mol. The number of rotatable bonds is 3. The normalized spacial score (nSPS) is 10.1. The van der Waals surface area contributed by atoms with Crippen LogP contribution in [0.1, 0.15) is 0 Å². The fraction of sp³-hybridized carbons (Fsp3) is 0.154. The quantitative estimate of drug-likeness (QED) is 0.807. The van der Waals surface area contributed by atoms with Crippen LogP contribution in [0.4, 0.5) is 5.69 Å². The predicted molar refractivity (Wildman–Crippen MR) is 72.8 cm³/mol. The smallest absolute Gasteiger partial charge is 0.220 e. The first-order valence-electron chi connectivity index (χ1n) is 5.23. The molecule has 88 valence electrons. The first-order chi connectivity index (χ1) is 8.15. The monoisotopic (exact) mass is 292 g/mol. The van der Waals surface area contributed by atoms with E-state index in [1.807, 2.05) is 61.5 Å². The van der Waals surface area contributed by atoms with Crippen molar-refractivity contribution in [2.45, 2.75) is 0 Å². The van der Waals surface area contributed by atoms with Crippen LogP contribution in [0, 0.1) is 0 Å². The van der Waals surface area contributed by atoms with Gasteiger partial charge in [-0.2, -0.15) is 0 Å². The van der Waals surface area contributed by atoms with Crippen LogP contribution in [-0.4, -0.2) is 19.1 Å². The molecule has 0 bridgehead atoms. The highest BCUT2D eigenvalue weighted by atomic mass is 79.9. The topological polar surface area (TPSA) is 25.4 Å². The van der Waals surface area contributed by atoms with Crippen molar-refractivity contribution in [1.82, 2.24) is 4.98 Å². The van der Waals surface area contributed by atoms with E-state index in [2.05, 4.69) is 20.9 Å². The minimum atomic E-state index is 0.579. The summed E-state index contributed by atoms with van der Waals surface area (Å²) in [5, 5.41) is 0. The summed E-state index contributed by atoms with van der Waals surface area (Å²) in [5.74, 6) is 1.36. The van der Waals surface area contributed by atoms with Crippen LogP contribution in [0.25, 0.3) is 0 Å². The van der Waals surface area contributed by atoms with E-state index in [1.54, 1.807) is 0 Å². The molecule has 2 aromatic rings. The standard InChI is InChI=1S/C13H13BrN2O/c1-16(2)10-5-3-6-11(9-10)17-13-8-4-7-12(14)15-13/h3-9H,1-2H3. The fourth-order valence-electron chi connectivity index (χ4n) is 1.39. The lowest BCUT2D eigenvalue weighted by Gasteiger charge is -2.13. The second-order valence-electron chi connectivity index (χ2n) is 3.79. The third kappa shape index (κ3) is 3.20. The molecule has 0 amide bonds. The van der Waals surface area contributed by atoms with Gasteiger partial charge in [-0.05, 0) is 34.1 Å². The Labute approximate surface area is 109 Å². The van der Waals surface area contributed by atoms with Gasteiger partial charge in [-0.15, -0.1) is 0 Å². The molecular formula is C13H13BrN2O. The summed E-state index contributed by atoms with van der Waals surface area (Å²) in [5.41, 5.74) is 1.09. The van der Waals surface area contributed by atoms with Crippen LogP contribution < -0.4 is 9.64 Å². The van der Waals surface area contributed by atoms with Gasteiger partial charge in [0.1, 0.15) is 10.4 Å². The molecule has 17 heavy (non-hydrogen) atoms. The molecule has 1 heterocycles. The number of hydrogen-bond donors (Lipinski definition) is 0. The average Bonchev–Trinajstić information content (AvgIpc) is 2.29. The maximum atomic E-state index is 5.68. The number of halogens is 1. The van der Waals surface area contributed by atoms with Crippen molar-refractivity contribution < 1.29 is 4.74 Å². The van der Waals surface area contributed by atoms with E-state index < -0.39 is 0 Å². The van der Waals surface area contributed by atoms with Gasteiger partial charge in [0.05, 0.1) is 0 Å². The Bertz CT molecular complexity index is 514. The molecule has 0 N–H and O–H groups in total.